The monoisotopic (exact) mass is 404 g/mol. The number of amides is 2. The number of phenolic OH excluding ortho intramolecular Hbond substituents is 1. The van der Waals surface area contributed by atoms with Gasteiger partial charge in [0.2, 0.25) is 5.91 Å². The third kappa shape index (κ3) is 3.96. The lowest BCUT2D eigenvalue weighted by atomic mass is 10.1. The van der Waals surface area contributed by atoms with Gasteiger partial charge in [-0.3, -0.25) is 9.59 Å². The van der Waals surface area contributed by atoms with Gasteiger partial charge in [0.25, 0.3) is 5.91 Å². The first kappa shape index (κ1) is 19.4. The first-order valence-corrected chi connectivity index (χ1v) is 9.61. The Bertz CT molecular complexity index is 1120. The number of hydrogen-bond donors (Lipinski definition) is 2. The van der Waals surface area contributed by atoms with E-state index in [9.17, 15) is 19.5 Å². The molecule has 0 unspecified atom stereocenters. The zero-order valence-corrected chi connectivity index (χ0v) is 16.1. The molecule has 0 saturated carbocycles. The van der Waals surface area contributed by atoms with Crippen molar-refractivity contribution in [2.75, 3.05) is 23.4 Å². The summed E-state index contributed by atoms with van der Waals surface area (Å²) < 4.78 is 5.05. The minimum Gasteiger partial charge on any atom is -0.506 e. The van der Waals surface area contributed by atoms with Gasteiger partial charge in [-0.2, -0.15) is 0 Å². The maximum Gasteiger partial charge on any atom is 0.342 e. The average Bonchev–Trinajstić information content (AvgIpc) is 3.19. The van der Waals surface area contributed by atoms with Crippen molar-refractivity contribution < 1.29 is 24.2 Å². The Labute approximate surface area is 172 Å². The first-order chi connectivity index (χ1) is 14.5. The molecule has 0 spiro atoms. The van der Waals surface area contributed by atoms with E-state index in [1.54, 1.807) is 47.4 Å². The number of fused-ring (bicyclic) bond motifs is 1. The van der Waals surface area contributed by atoms with E-state index in [0.717, 1.165) is 17.5 Å². The largest absolute Gasteiger partial charge is 0.506 e. The van der Waals surface area contributed by atoms with E-state index in [4.69, 9.17) is 4.74 Å². The van der Waals surface area contributed by atoms with Gasteiger partial charge in [0.1, 0.15) is 11.3 Å². The number of rotatable bonds is 5. The van der Waals surface area contributed by atoms with Crippen LogP contribution in [0, 0.1) is 0 Å². The van der Waals surface area contributed by atoms with Crippen LogP contribution in [0.5, 0.6) is 5.75 Å². The van der Waals surface area contributed by atoms with E-state index >= 15 is 0 Å². The van der Waals surface area contributed by atoms with Crippen LogP contribution in [0.1, 0.15) is 23.2 Å². The third-order valence-electron chi connectivity index (χ3n) is 4.99. The maximum absolute atomic E-state index is 12.3. The summed E-state index contributed by atoms with van der Waals surface area (Å²) in [6.45, 7) is 0.208. The molecule has 0 atom stereocenters. The lowest BCUT2D eigenvalue weighted by Gasteiger charge is -2.16. The van der Waals surface area contributed by atoms with Crippen molar-refractivity contribution in [1.82, 2.24) is 0 Å². The van der Waals surface area contributed by atoms with Gasteiger partial charge in [0.15, 0.2) is 6.61 Å². The van der Waals surface area contributed by atoms with Gasteiger partial charge in [-0.15, -0.1) is 0 Å². The smallest absolute Gasteiger partial charge is 0.342 e. The van der Waals surface area contributed by atoms with Crippen LogP contribution in [0.25, 0.3) is 10.8 Å². The number of nitrogens with one attached hydrogen (secondary N) is 1. The van der Waals surface area contributed by atoms with Gasteiger partial charge in [-0.25, -0.2) is 4.79 Å². The number of phenols is 1. The van der Waals surface area contributed by atoms with E-state index in [1.807, 2.05) is 12.1 Å². The molecular weight excluding hydrogens is 384 g/mol. The van der Waals surface area contributed by atoms with E-state index in [2.05, 4.69) is 5.32 Å². The second-order valence-electron chi connectivity index (χ2n) is 7.00. The fourth-order valence-electron chi connectivity index (χ4n) is 3.47. The summed E-state index contributed by atoms with van der Waals surface area (Å²) in [5.74, 6) is -1.37. The molecule has 1 saturated heterocycles. The van der Waals surface area contributed by atoms with Crippen LogP contribution in [0.15, 0.2) is 60.7 Å². The summed E-state index contributed by atoms with van der Waals surface area (Å²) >= 11 is 0. The van der Waals surface area contributed by atoms with Gasteiger partial charge in [0, 0.05) is 29.7 Å². The highest BCUT2D eigenvalue weighted by Gasteiger charge is 2.21. The van der Waals surface area contributed by atoms with Crippen molar-refractivity contribution in [3.8, 4) is 5.75 Å². The van der Waals surface area contributed by atoms with Crippen LogP contribution in [0.2, 0.25) is 0 Å². The minimum absolute atomic E-state index is 0.00105. The molecule has 1 aliphatic heterocycles. The molecule has 2 N–H and O–H groups in total. The number of esters is 1. The number of nitrogens with zero attached hydrogens (tertiary/aromatic N) is 1. The summed E-state index contributed by atoms with van der Waals surface area (Å²) in [4.78, 5) is 37.9. The van der Waals surface area contributed by atoms with Crippen LogP contribution in [0.4, 0.5) is 11.4 Å². The van der Waals surface area contributed by atoms with E-state index in [1.165, 1.54) is 6.07 Å². The third-order valence-corrected chi connectivity index (χ3v) is 4.99. The lowest BCUT2D eigenvalue weighted by Crippen LogP contribution is -2.23. The van der Waals surface area contributed by atoms with Crippen LogP contribution in [-0.4, -0.2) is 36.0 Å². The Hall–Kier alpha value is -3.87. The molecule has 7 nitrogen and oxygen atoms in total. The Morgan fingerprint density at radius 2 is 1.80 bits per heavy atom. The highest BCUT2D eigenvalue weighted by Crippen LogP contribution is 2.29. The molecule has 7 heteroatoms. The van der Waals surface area contributed by atoms with Crippen molar-refractivity contribution in [1.29, 1.82) is 0 Å². The Kier molecular flexibility index (Phi) is 5.34. The van der Waals surface area contributed by atoms with Crippen molar-refractivity contribution >= 4 is 39.9 Å². The molecule has 30 heavy (non-hydrogen) atoms. The number of aromatic hydroxyl groups is 1. The van der Waals surface area contributed by atoms with Crippen molar-refractivity contribution in [3.63, 3.8) is 0 Å². The molecule has 1 fully saturated rings. The molecule has 3 aromatic carbocycles. The van der Waals surface area contributed by atoms with Crippen LogP contribution in [-0.2, 0) is 14.3 Å². The number of hydrogen-bond acceptors (Lipinski definition) is 5. The van der Waals surface area contributed by atoms with Crippen molar-refractivity contribution in [2.24, 2.45) is 0 Å². The van der Waals surface area contributed by atoms with E-state index in [0.29, 0.717) is 24.0 Å². The number of benzene rings is 3. The average molecular weight is 404 g/mol. The number of ether oxygens (including phenoxy) is 1. The normalized spacial score (nSPS) is 13.5. The Morgan fingerprint density at radius 1 is 1.03 bits per heavy atom. The van der Waals surface area contributed by atoms with E-state index < -0.39 is 18.5 Å². The topological polar surface area (TPSA) is 95.9 Å². The molecule has 3 aromatic rings. The number of carbonyl (C=O) groups excluding carboxylic acids is 3. The Morgan fingerprint density at radius 3 is 2.53 bits per heavy atom. The van der Waals surface area contributed by atoms with Crippen molar-refractivity contribution in [3.05, 3.63) is 66.2 Å². The summed E-state index contributed by atoms with van der Waals surface area (Å²) in [5, 5.41) is 14.3. The number of carbonyl (C=O) groups is 3. The molecule has 1 heterocycles. The Balaban J connectivity index is 1.35. The van der Waals surface area contributed by atoms with Crippen LogP contribution < -0.4 is 10.2 Å². The van der Waals surface area contributed by atoms with Crippen LogP contribution in [0.3, 0.4) is 0 Å². The second kappa shape index (κ2) is 8.24. The first-order valence-electron chi connectivity index (χ1n) is 9.61. The van der Waals surface area contributed by atoms with E-state index in [-0.39, 0.29) is 17.2 Å². The minimum atomic E-state index is -0.781. The van der Waals surface area contributed by atoms with Crippen LogP contribution >= 0.6 is 0 Å². The molecule has 152 valence electrons. The van der Waals surface area contributed by atoms with Gasteiger partial charge in [-0.05, 0) is 42.1 Å². The SMILES string of the molecule is O=C(COC(=O)c1ccc2ccccc2c1O)Nc1ccc(N2CCCC2=O)cc1. The predicted octanol–water partition coefficient (Wildman–Crippen LogP) is 3.47. The van der Waals surface area contributed by atoms with Gasteiger partial charge in [-0.1, -0.05) is 30.3 Å². The molecule has 4 rings (SSSR count). The quantitative estimate of drug-likeness (QED) is 0.635. The molecule has 0 aromatic heterocycles. The zero-order valence-electron chi connectivity index (χ0n) is 16.1. The van der Waals surface area contributed by atoms with Gasteiger partial charge < -0.3 is 20.1 Å². The van der Waals surface area contributed by atoms with Gasteiger partial charge >= 0.3 is 5.97 Å². The summed E-state index contributed by atoms with van der Waals surface area (Å²) in [5.41, 5.74) is 1.31. The fourth-order valence-corrected chi connectivity index (χ4v) is 3.47. The molecule has 0 radical (unpaired) electrons. The van der Waals surface area contributed by atoms with Crippen molar-refractivity contribution in [2.45, 2.75) is 12.8 Å². The summed E-state index contributed by atoms with van der Waals surface area (Å²) in [6.07, 6.45) is 1.39. The number of anilines is 2. The highest BCUT2D eigenvalue weighted by atomic mass is 16.5. The summed E-state index contributed by atoms with van der Waals surface area (Å²) in [7, 11) is 0. The molecule has 0 aliphatic carbocycles. The predicted molar refractivity (Wildman–Crippen MR) is 113 cm³/mol. The second-order valence-corrected chi connectivity index (χ2v) is 7.00. The molecule has 0 bridgehead atoms. The summed E-state index contributed by atoms with van der Waals surface area (Å²) in [6, 6.07) is 17.2. The zero-order chi connectivity index (χ0) is 21.1. The molecule has 1 aliphatic rings. The lowest BCUT2D eigenvalue weighted by molar-refractivity contribution is -0.119. The standard InChI is InChI=1S/C23H20N2O5/c26-20(24-16-8-10-17(11-9-16)25-13-3-6-21(25)27)14-30-23(29)19-12-7-15-4-1-2-5-18(15)22(19)28/h1-2,4-5,7-12,28H,3,6,13-14H2,(H,24,26). The molecular formula is C23H20N2O5. The highest BCUT2D eigenvalue weighted by molar-refractivity contribution is 6.02. The maximum atomic E-state index is 12.3. The molecule has 2 amide bonds. The fraction of sp³-hybridized carbons (Fsp3) is 0.174. The van der Waals surface area contributed by atoms with Gasteiger partial charge in [0.05, 0.1) is 0 Å².